The summed E-state index contributed by atoms with van der Waals surface area (Å²) in [6.45, 7) is 2.32. The lowest BCUT2D eigenvalue weighted by Gasteiger charge is -2.19. The maximum Gasteiger partial charge on any atom is -0.0115 e. The lowest BCUT2D eigenvalue weighted by molar-refractivity contribution is 0.388. The van der Waals surface area contributed by atoms with Gasteiger partial charge >= 0.3 is 0 Å². The second kappa shape index (κ2) is 1.62. The van der Waals surface area contributed by atoms with Crippen LogP contribution in [-0.4, -0.2) is 0 Å². The molecule has 9 heavy (non-hydrogen) atoms. The molecule has 2 bridgehead atoms. The second-order valence-electron chi connectivity index (χ2n) is 3.58. The number of hydrogen-bond donors (Lipinski definition) is 0. The number of allylic oxidation sites excluding steroid dienone is 2. The summed E-state index contributed by atoms with van der Waals surface area (Å²) in [6, 6.07) is 0. The Labute approximate surface area is 57.0 Å². The molecule has 1 saturated carbocycles. The molecule has 0 N–H and O–H groups in total. The first kappa shape index (κ1) is 5.52. The van der Waals surface area contributed by atoms with E-state index in [0.717, 1.165) is 5.92 Å². The smallest absolute Gasteiger partial charge is 0.0115 e. The third-order valence-electron chi connectivity index (χ3n) is 3.11. The van der Waals surface area contributed by atoms with Crippen molar-refractivity contribution in [2.24, 2.45) is 11.3 Å². The third-order valence-corrected chi connectivity index (χ3v) is 3.11. The molecule has 2 atom stereocenters. The zero-order valence-electron chi connectivity index (χ0n) is 6.06. The first-order valence-electron chi connectivity index (χ1n) is 4.04. The molecule has 2 unspecified atom stereocenters. The Hall–Kier alpha value is -0.260. The minimum absolute atomic E-state index is 0.671. The molecule has 2 aliphatic carbocycles. The Morgan fingerprint density at radius 3 is 2.78 bits per heavy atom. The Morgan fingerprint density at radius 2 is 2.56 bits per heavy atom. The van der Waals surface area contributed by atoms with E-state index >= 15 is 0 Å². The largest absolute Gasteiger partial charge is 0.0848 e. The highest BCUT2D eigenvalue weighted by atomic mass is 14.4. The molecule has 0 heteroatoms. The maximum absolute atomic E-state index is 2.46. The second-order valence-corrected chi connectivity index (χ2v) is 3.58. The van der Waals surface area contributed by atoms with Crippen molar-refractivity contribution in [3.63, 3.8) is 0 Å². The van der Waals surface area contributed by atoms with Crippen LogP contribution in [0.4, 0.5) is 0 Å². The van der Waals surface area contributed by atoms with Gasteiger partial charge in [0.25, 0.3) is 0 Å². The summed E-state index contributed by atoms with van der Waals surface area (Å²) in [6.07, 6.45) is 10.6. The van der Waals surface area contributed by atoms with Gasteiger partial charge in [0.15, 0.2) is 0 Å². The number of rotatable bonds is 1. The molecule has 2 rings (SSSR count). The van der Waals surface area contributed by atoms with Crippen molar-refractivity contribution in [3.05, 3.63) is 12.2 Å². The highest BCUT2D eigenvalue weighted by Gasteiger charge is 2.38. The van der Waals surface area contributed by atoms with E-state index in [4.69, 9.17) is 0 Å². The molecule has 0 aliphatic heterocycles. The highest BCUT2D eigenvalue weighted by molar-refractivity contribution is 5.14. The van der Waals surface area contributed by atoms with Gasteiger partial charge in [-0.05, 0) is 37.0 Å². The number of hydrogen-bond acceptors (Lipinski definition) is 0. The molecule has 50 valence electrons. The lowest BCUT2D eigenvalue weighted by atomic mass is 9.85. The number of fused-ring (bicyclic) bond motifs is 2. The lowest BCUT2D eigenvalue weighted by Crippen LogP contribution is -2.08. The van der Waals surface area contributed by atoms with Crippen LogP contribution in [0.2, 0.25) is 0 Å². The van der Waals surface area contributed by atoms with Crippen LogP contribution in [0.5, 0.6) is 0 Å². The van der Waals surface area contributed by atoms with Gasteiger partial charge in [0.2, 0.25) is 0 Å². The maximum atomic E-state index is 2.46. The molecule has 0 aromatic rings. The summed E-state index contributed by atoms with van der Waals surface area (Å²) in [5.74, 6) is 0.963. The Bertz CT molecular complexity index is 146. The van der Waals surface area contributed by atoms with Gasteiger partial charge in [-0.2, -0.15) is 0 Å². The standard InChI is InChI=1S/C9H14/c1-2-9-5-3-8(7-9)4-6-9/h3,5,8H,2,4,6-7H2,1H3. The quantitative estimate of drug-likeness (QED) is 0.469. The van der Waals surface area contributed by atoms with E-state index < -0.39 is 0 Å². The van der Waals surface area contributed by atoms with E-state index in [2.05, 4.69) is 19.1 Å². The molecule has 1 fully saturated rings. The summed E-state index contributed by atoms with van der Waals surface area (Å²) in [5.41, 5.74) is 0.671. The molecule has 0 radical (unpaired) electrons. The fraction of sp³-hybridized carbons (Fsp3) is 0.778. The van der Waals surface area contributed by atoms with Gasteiger partial charge in [0.05, 0.1) is 0 Å². The van der Waals surface area contributed by atoms with Crippen LogP contribution < -0.4 is 0 Å². The molecule has 0 nitrogen and oxygen atoms in total. The van der Waals surface area contributed by atoms with Crippen LogP contribution in [-0.2, 0) is 0 Å². The normalized spacial score (nSPS) is 46.6. The summed E-state index contributed by atoms with van der Waals surface area (Å²) in [4.78, 5) is 0. The molecular weight excluding hydrogens is 108 g/mol. The first-order valence-corrected chi connectivity index (χ1v) is 4.04. The van der Waals surface area contributed by atoms with Gasteiger partial charge in [-0.15, -0.1) is 0 Å². The van der Waals surface area contributed by atoms with Crippen molar-refractivity contribution in [1.82, 2.24) is 0 Å². The Morgan fingerprint density at radius 1 is 1.67 bits per heavy atom. The predicted octanol–water partition coefficient (Wildman–Crippen LogP) is 2.75. The highest BCUT2D eigenvalue weighted by Crippen LogP contribution is 2.50. The minimum atomic E-state index is 0.671. The molecule has 0 aromatic heterocycles. The zero-order chi connectivity index (χ0) is 6.32. The fourth-order valence-electron chi connectivity index (χ4n) is 2.29. The van der Waals surface area contributed by atoms with Gasteiger partial charge in [-0.3, -0.25) is 0 Å². The molecule has 2 aliphatic rings. The van der Waals surface area contributed by atoms with E-state index in [1.54, 1.807) is 0 Å². The summed E-state index contributed by atoms with van der Waals surface area (Å²) >= 11 is 0. The van der Waals surface area contributed by atoms with Crippen molar-refractivity contribution in [1.29, 1.82) is 0 Å². The van der Waals surface area contributed by atoms with Crippen LogP contribution in [0.15, 0.2) is 12.2 Å². The molecule has 0 spiro atoms. The molecule has 0 aromatic carbocycles. The molecule has 0 heterocycles. The summed E-state index contributed by atoms with van der Waals surface area (Å²) in [5, 5.41) is 0. The van der Waals surface area contributed by atoms with E-state index in [1.807, 2.05) is 0 Å². The monoisotopic (exact) mass is 122 g/mol. The SMILES string of the molecule is CCC12C=CC(CC1)C2. The fourth-order valence-corrected chi connectivity index (χ4v) is 2.29. The van der Waals surface area contributed by atoms with Gasteiger partial charge in [-0.1, -0.05) is 19.1 Å². The van der Waals surface area contributed by atoms with Crippen LogP contribution in [0, 0.1) is 11.3 Å². The van der Waals surface area contributed by atoms with Crippen molar-refractivity contribution < 1.29 is 0 Å². The predicted molar refractivity (Wildman–Crippen MR) is 39.2 cm³/mol. The van der Waals surface area contributed by atoms with Crippen LogP contribution in [0.3, 0.4) is 0 Å². The summed E-state index contributed by atoms with van der Waals surface area (Å²) < 4.78 is 0. The Balaban J connectivity index is 2.23. The van der Waals surface area contributed by atoms with E-state index in [9.17, 15) is 0 Å². The van der Waals surface area contributed by atoms with Crippen molar-refractivity contribution >= 4 is 0 Å². The van der Waals surface area contributed by atoms with E-state index in [-0.39, 0.29) is 0 Å². The molecule has 0 amide bonds. The van der Waals surface area contributed by atoms with Crippen LogP contribution >= 0.6 is 0 Å². The van der Waals surface area contributed by atoms with Crippen LogP contribution in [0.25, 0.3) is 0 Å². The van der Waals surface area contributed by atoms with Crippen LogP contribution in [0.1, 0.15) is 32.6 Å². The Kier molecular flexibility index (Phi) is 0.992. The third kappa shape index (κ3) is 0.654. The van der Waals surface area contributed by atoms with E-state index in [1.165, 1.54) is 25.7 Å². The van der Waals surface area contributed by atoms with Crippen molar-refractivity contribution in [3.8, 4) is 0 Å². The average Bonchev–Trinajstić information content (AvgIpc) is 2.46. The van der Waals surface area contributed by atoms with Gasteiger partial charge in [0.1, 0.15) is 0 Å². The molecule has 0 saturated heterocycles. The average molecular weight is 122 g/mol. The van der Waals surface area contributed by atoms with Crippen molar-refractivity contribution in [2.75, 3.05) is 0 Å². The first-order chi connectivity index (χ1) is 4.35. The topological polar surface area (TPSA) is 0 Å². The summed E-state index contributed by atoms with van der Waals surface area (Å²) in [7, 11) is 0. The minimum Gasteiger partial charge on any atom is -0.0848 e. The van der Waals surface area contributed by atoms with Crippen molar-refractivity contribution in [2.45, 2.75) is 32.6 Å². The molecular formula is C9H14. The van der Waals surface area contributed by atoms with Gasteiger partial charge in [-0.25, -0.2) is 0 Å². The zero-order valence-corrected chi connectivity index (χ0v) is 6.06. The van der Waals surface area contributed by atoms with Gasteiger partial charge in [0, 0.05) is 0 Å². The van der Waals surface area contributed by atoms with Gasteiger partial charge < -0.3 is 0 Å². The van der Waals surface area contributed by atoms with E-state index in [0.29, 0.717) is 5.41 Å².